The fraction of sp³-hybridized carbons (Fsp3) is 0.455. The molecule has 1 atom stereocenters. The van der Waals surface area contributed by atoms with E-state index in [2.05, 4.69) is 13.8 Å². The van der Waals surface area contributed by atoms with Gasteiger partial charge in [0.2, 0.25) is 0 Å². The Morgan fingerprint density at radius 3 is 2.40 bits per heavy atom. The van der Waals surface area contributed by atoms with Crippen molar-refractivity contribution >= 4 is 24.0 Å². The summed E-state index contributed by atoms with van der Waals surface area (Å²) < 4.78 is 13.0. The molecular weight excluding hydrogens is 236 g/mol. The van der Waals surface area contributed by atoms with E-state index in [-0.39, 0.29) is 24.3 Å². The Balaban J connectivity index is 0.00000196. The average Bonchev–Trinajstić information content (AvgIpc) is 2.00. The van der Waals surface area contributed by atoms with E-state index in [4.69, 9.17) is 17.3 Å². The maximum absolute atomic E-state index is 13.0. The van der Waals surface area contributed by atoms with E-state index in [1.165, 1.54) is 12.1 Å². The van der Waals surface area contributed by atoms with Crippen LogP contribution in [0, 0.1) is 11.7 Å². The summed E-state index contributed by atoms with van der Waals surface area (Å²) in [6.07, 6.45) is 0.833. The number of rotatable bonds is 3. The zero-order chi connectivity index (χ0) is 10.7. The van der Waals surface area contributed by atoms with E-state index in [1.807, 2.05) is 0 Å². The van der Waals surface area contributed by atoms with Crippen molar-refractivity contribution in [3.05, 3.63) is 34.6 Å². The Morgan fingerprint density at radius 2 is 1.93 bits per heavy atom. The smallest absolute Gasteiger partial charge is 0.125 e. The third-order valence-electron chi connectivity index (χ3n) is 2.04. The second-order valence-electron chi connectivity index (χ2n) is 3.94. The molecule has 2 N–H and O–H groups in total. The lowest BCUT2D eigenvalue weighted by atomic mass is 9.98. The molecule has 0 radical (unpaired) electrons. The van der Waals surface area contributed by atoms with Gasteiger partial charge in [0.05, 0.1) is 0 Å². The zero-order valence-corrected chi connectivity index (χ0v) is 10.4. The monoisotopic (exact) mass is 251 g/mol. The highest BCUT2D eigenvalue weighted by Gasteiger charge is 2.10. The topological polar surface area (TPSA) is 26.0 Å². The maximum Gasteiger partial charge on any atom is 0.125 e. The summed E-state index contributed by atoms with van der Waals surface area (Å²) in [5.74, 6) is 0.166. The van der Waals surface area contributed by atoms with Crippen molar-refractivity contribution in [1.82, 2.24) is 0 Å². The molecule has 1 rings (SSSR count). The highest BCUT2D eigenvalue weighted by molar-refractivity contribution is 6.30. The summed E-state index contributed by atoms with van der Waals surface area (Å²) in [7, 11) is 0. The molecule has 1 aromatic carbocycles. The van der Waals surface area contributed by atoms with Gasteiger partial charge in [-0.3, -0.25) is 0 Å². The minimum absolute atomic E-state index is 0. The van der Waals surface area contributed by atoms with Crippen LogP contribution in [0.2, 0.25) is 5.02 Å². The van der Waals surface area contributed by atoms with Gasteiger partial charge in [-0.25, -0.2) is 4.39 Å². The molecule has 1 aromatic rings. The van der Waals surface area contributed by atoms with Crippen LogP contribution in [-0.2, 0) is 0 Å². The summed E-state index contributed by atoms with van der Waals surface area (Å²) in [4.78, 5) is 0. The molecule has 86 valence electrons. The second kappa shape index (κ2) is 6.31. The molecule has 0 saturated carbocycles. The Bertz CT molecular complexity index is 295. The van der Waals surface area contributed by atoms with Gasteiger partial charge in [-0.05, 0) is 36.1 Å². The van der Waals surface area contributed by atoms with Crippen LogP contribution < -0.4 is 5.73 Å². The molecule has 0 fully saturated rings. The predicted octanol–water partition coefficient (Wildman–Crippen LogP) is 3.95. The molecule has 0 aromatic heterocycles. The van der Waals surface area contributed by atoms with Crippen molar-refractivity contribution in [3.63, 3.8) is 0 Å². The van der Waals surface area contributed by atoms with Gasteiger partial charge >= 0.3 is 0 Å². The van der Waals surface area contributed by atoms with Gasteiger partial charge in [-0.1, -0.05) is 25.4 Å². The average molecular weight is 252 g/mol. The van der Waals surface area contributed by atoms with E-state index in [1.54, 1.807) is 6.07 Å². The largest absolute Gasteiger partial charge is 0.324 e. The summed E-state index contributed by atoms with van der Waals surface area (Å²) in [6, 6.07) is 4.31. The molecule has 0 aliphatic carbocycles. The minimum Gasteiger partial charge on any atom is -0.324 e. The Morgan fingerprint density at radius 1 is 1.33 bits per heavy atom. The van der Waals surface area contributed by atoms with Gasteiger partial charge in [0.15, 0.2) is 0 Å². The number of nitrogens with two attached hydrogens (primary N) is 1. The maximum atomic E-state index is 13.0. The summed E-state index contributed by atoms with van der Waals surface area (Å²) in [6.45, 7) is 4.17. The Hall–Kier alpha value is -0.310. The van der Waals surface area contributed by atoms with Gasteiger partial charge in [0.1, 0.15) is 5.82 Å². The standard InChI is InChI=1S/C11H15ClFN.ClH/c1-7(2)3-11(14)8-4-9(12)6-10(13)5-8;/h4-7,11H,3,14H2,1-2H3;1H/t11-;/m0./s1. The van der Waals surface area contributed by atoms with Crippen molar-refractivity contribution in [3.8, 4) is 0 Å². The summed E-state index contributed by atoms with van der Waals surface area (Å²) >= 11 is 5.74. The van der Waals surface area contributed by atoms with Crippen molar-refractivity contribution in [2.24, 2.45) is 11.7 Å². The first-order chi connectivity index (χ1) is 6.49. The van der Waals surface area contributed by atoms with E-state index in [0.717, 1.165) is 12.0 Å². The zero-order valence-electron chi connectivity index (χ0n) is 8.84. The van der Waals surface area contributed by atoms with Gasteiger partial charge in [0, 0.05) is 11.1 Å². The van der Waals surface area contributed by atoms with Crippen LogP contribution in [-0.4, -0.2) is 0 Å². The molecular formula is C11H16Cl2FN. The predicted molar refractivity (Wildman–Crippen MR) is 65.0 cm³/mol. The van der Waals surface area contributed by atoms with E-state index in [0.29, 0.717) is 10.9 Å². The van der Waals surface area contributed by atoms with Crippen molar-refractivity contribution in [2.75, 3.05) is 0 Å². The minimum atomic E-state index is -0.327. The first-order valence-electron chi connectivity index (χ1n) is 4.70. The Labute approximate surface area is 101 Å². The molecule has 1 nitrogen and oxygen atoms in total. The number of halogens is 3. The van der Waals surface area contributed by atoms with Crippen LogP contribution in [0.1, 0.15) is 31.9 Å². The van der Waals surface area contributed by atoms with Crippen LogP contribution in [0.25, 0.3) is 0 Å². The van der Waals surface area contributed by atoms with Gasteiger partial charge in [-0.15, -0.1) is 12.4 Å². The van der Waals surface area contributed by atoms with Crippen molar-refractivity contribution in [1.29, 1.82) is 0 Å². The van der Waals surface area contributed by atoms with Crippen LogP contribution in [0.5, 0.6) is 0 Å². The number of hydrogen-bond acceptors (Lipinski definition) is 1. The van der Waals surface area contributed by atoms with E-state index >= 15 is 0 Å². The lowest BCUT2D eigenvalue weighted by Gasteiger charge is -2.14. The quantitative estimate of drug-likeness (QED) is 0.866. The van der Waals surface area contributed by atoms with Gasteiger partial charge < -0.3 is 5.73 Å². The molecule has 15 heavy (non-hydrogen) atoms. The first-order valence-corrected chi connectivity index (χ1v) is 5.08. The van der Waals surface area contributed by atoms with Crippen LogP contribution in [0.15, 0.2) is 18.2 Å². The van der Waals surface area contributed by atoms with E-state index < -0.39 is 0 Å². The fourth-order valence-electron chi connectivity index (χ4n) is 1.43. The first kappa shape index (κ1) is 14.7. The van der Waals surface area contributed by atoms with Gasteiger partial charge in [0.25, 0.3) is 0 Å². The second-order valence-corrected chi connectivity index (χ2v) is 4.38. The fourth-order valence-corrected chi connectivity index (χ4v) is 1.66. The molecule has 0 aliphatic rings. The molecule has 4 heteroatoms. The van der Waals surface area contributed by atoms with Gasteiger partial charge in [-0.2, -0.15) is 0 Å². The van der Waals surface area contributed by atoms with Crippen molar-refractivity contribution < 1.29 is 4.39 Å². The molecule has 0 spiro atoms. The van der Waals surface area contributed by atoms with Crippen molar-refractivity contribution in [2.45, 2.75) is 26.3 Å². The molecule has 0 unspecified atom stereocenters. The number of hydrogen-bond donors (Lipinski definition) is 1. The molecule has 0 heterocycles. The highest BCUT2D eigenvalue weighted by Crippen LogP contribution is 2.22. The normalized spacial score (nSPS) is 12.4. The molecule has 0 saturated heterocycles. The van der Waals surface area contributed by atoms with Crippen LogP contribution >= 0.6 is 24.0 Å². The third-order valence-corrected chi connectivity index (χ3v) is 2.26. The Kier molecular flexibility index (Phi) is 6.18. The SMILES string of the molecule is CC(C)C[C@H](N)c1cc(F)cc(Cl)c1.Cl. The van der Waals surface area contributed by atoms with Crippen LogP contribution in [0.4, 0.5) is 4.39 Å². The lowest BCUT2D eigenvalue weighted by Crippen LogP contribution is -2.13. The summed E-state index contributed by atoms with van der Waals surface area (Å²) in [5.41, 5.74) is 6.68. The third kappa shape index (κ3) is 4.83. The van der Waals surface area contributed by atoms with Crippen LogP contribution in [0.3, 0.4) is 0 Å². The van der Waals surface area contributed by atoms with E-state index in [9.17, 15) is 4.39 Å². The molecule has 0 bridgehead atoms. The molecule has 0 amide bonds. The molecule has 0 aliphatic heterocycles. The number of benzene rings is 1. The lowest BCUT2D eigenvalue weighted by molar-refractivity contribution is 0.507. The highest BCUT2D eigenvalue weighted by atomic mass is 35.5. The summed E-state index contributed by atoms with van der Waals surface area (Å²) in [5, 5.41) is 0.402.